The van der Waals surface area contributed by atoms with Gasteiger partial charge in [0.2, 0.25) is 0 Å². The highest BCUT2D eigenvalue weighted by Crippen LogP contribution is 2.34. The molecule has 0 fully saturated rings. The number of alkyl halides is 3. The van der Waals surface area contributed by atoms with Crippen molar-refractivity contribution in [1.82, 2.24) is 0 Å². The predicted molar refractivity (Wildman–Crippen MR) is 57.8 cm³/mol. The van der Waals surface area contributed by atoms with E-state index in [0.717, 1.165) is 12.1 Å². The van der Waals surface area contributed by atoms with Crippen LogP contribution in [0.5, 0.6) is 0 Å². The fourth-order valence-electron chi connectivity index (χ4n) is 1.71. The van der Waals surface area contributed by atoms with Crippen molar-refractivity contribution in [1.29, 1.82) is 0 Å². The average Bonchev–Trinajstić information content (AvgIpc) is 2.26. The van der Waals surface area contributed by atoms with E-state index in [1.165, 1.54) is 6.07 Å². The smallest absolute Gasteiger partial charge is 0.321 e. The Balaban J connectivity index is 3.22. The Hall–Kier alpha value is -1.10. The van der Waals surface area contributed by atoms with Crippen LogP contribution in [0.15, 0.2) is 18.2 Å². The van der Waals surface area contributed by atoms with Gasteiger partial charge in [0.15, 0.2) is 0 Å². The molecule has 0 heterocycles. The standard InChI is InChI=1S/C12H15F4N/c1-3-11(17,4-2)8-5-6-9(10(13)7-8)12(14,15)16/h5-7H,3-4,17H2,1-2H3. The molecular weight excluding hydrogens is 234 g/mol. The maximum absolute atomic E-state index is 13.4. The van der Waals surface area contributed by atoms with Crippen molar-refractivity contribution in [2.45, 2.75) is 38.4 Å². The molecule has 0 aromatic heterocycles. The van der Waals surface area contributed by atoms with Crippen molar-refractivity contribution < 1.29 is 17.6 Å². The molecular formula is C12H15F4N. The van der Waals surface area contributed by atoms with E-state index >= 15 is 0 Å². The normalized spacial score (nSPS) is 12.9. The highest BCUT2D eigenvalue weighted by molar-refractivity contribution is 5.31. The van der Waals surface area contributed by atoms with E-state index in [0.29, 0.717) is 18.4 Å². The lowest BCUT2D eigenvalue weighted by Gasteiger charge is -2.27. The number of rotatable bonds is 3. The van der Waals surface area contributed by atoms with Crippen LogP contribution in [0.4, 0.5) is 17.6 Å². The molecule has 0 saturated heterocycles. The summed E-state index contributed by atoms with van der Waals surface area (Å²) in [6.45, 7) is 3.64. The first kappa shape index (κ1) is 14.0. The Morgan fingerprint density at radius 3 is 2.00 bits per heavy atom. The van der Waals surface area contributed by atoms with Crippen molar-refractivity contribution in [2.75, 3.05) is 0 Å². The highest BCUT2D eigenvalue weighted by atomic mass is 19.4. The summed E-state index contributed by atoms with van der Waals surface area (Å²) in [5, 5.41) is 0. The molecule has 0 bridgehead atoms. The van der Waals surface area contributed by atoms with Crippen LogP contribution >= 0.6 is 0 Å². The van der Waals surface area contributed by atoms with E-state index in [1.54, 1.807) is 0 Å². The van der Waals surface area contributed by atoms with Crippen molar-refractivity contribution in [3.8, 4) is 0 Å². The molecule has 0 aliphatic rings. The van der Waals surface area contributed by atoms with Gasteiger partial charge in [-0.25, -0.2) is 4.39 Å². The van der Waals surface area contributed by atoms with E-state index < -0.39 is 23.1 Å². The highest BCUT2D eigenvalue weighted by Gasteiger charge is 2.35. The quantitative estimate of drug-likeness (QED) is 0.810. The number of benzene rings is 1. The summed E-state index contributed by atoms with van der Waals surface area (Å²) in [5.41, 5.74) is 4.37. The summed E-state index contributed by atoms with van der Waals surface area (Å²) >= 11 is 0. The zero-order chi connectivity index (χ0) is 13.3. The Kier molecular flexibility index (Phi) is 3.81. The third-order valence-electron chi connectivity index (χ3n) is 3.11. The third kappa shape index (κ3) is 2.77. The predicted octanol–water partition coefficient (Wildman–Crippen LogP) is 3.82. The average molecular weight is 249 g/mol. The van der Waals surface area contributed by atoms with Crippen molar-refractivity contribution in [3.05, 3.63) is 35.1 Å². The lowest BCUT2D eigenvalue weighted by molar-refractivity contribution is -0.140. The molecule has 0 atom stereocenters. The van der Waals surface area contributed by atoms with Crippen LogP contribution in [-0.4, -0.2) is 0 Å². The largest absolute Gasteiger partial charge is 0.419 e. The van der Waals surface area contributed by atoms with Crippen LogP contribution in [0.2, 0.25) is 0 Å². The molecule has 1 aromatic rings. The van der Waals surface area contributed by atoms with Gasteiger partial charge < -0.3 is 5.73 Å². The molecule has 0 aliphatic heterocycles. The molecule has 0 aliphatic carbocycles. The van der Waals surface area contributed by atoms with E-state index in [9.17, 15) is 17.6 Å². The van der Waals surface area contributed by atoms with Gasteiger partial charge in [-0.3, -0.25) is 0 Å². The molecule has 17 heavy (non-hydrogen) atoms. The first-order valence-corrected chi connectivity index (χ1v) is 5.40. The monoisotopic (exact) mass is 249 g/mol. The van der Waals surface area contributed by atoms with E-state index in [2.05, 4.69) is 0 Å². The molecule has 96 valence electrons. The van der Waals surface area contributed by atoms with Crippen LogP contribution in [0.1, 0.15) is 37.8 Å². The second kappa shape index (κ2) is 4.64. The second-order valence-corrected chi connectivity index (χ2v) is 4.06. The van der Waals surface area contributed by atoms with E-state index in [4.69, 9.17) is 5.73 Å². The first-order valence-electron chi connectivity index (χ1n) is 5.40. The summed E-state index contributed by atoms with van der Waals surface area (Å²) in [7, 11) is 0. The summed E-state index contributed by atoms with van der Waals surface area (Å²) in [4.78, 5) is 0. The number of nitrogens with two attached hydrogens (primary N) is 1. The SMILES string of the molecule is CCC(N)(CC)c1ccc(C(F)(F)F)c(F)c1. The summed E-state index contributed by atoms with van der Waals surface area (Å²) in [5.74, 6) is -1.27. The van der Waals surface area contributed by atoms with Crippen LogP contribution in [0.25, 0.3) is 0 Å². The Labute approximate surface area is 97.6 Å². The van der Waals surface area contributed by atoms with Gasteiger partial charge in [-0.2, -0.15) is 13.2 Å². The van der Waals surface area contributed by atoms with Gasteiger partial charge in [0, 0.05) is 5.54 Å². The van der Waals surface area contributed by atoms with Gasteiger partial charge in [-0.05, 0) is 30.5 Å². The second-order valence-electron chi connectivity index (χ2n) is 4.06. The Morgan fingerprint density at radius 1 is 1.12 bits per heavy atom. The zero-order valence-corrected chi connectivity index (χ0v) is 9.74. The lowest BCUT2D eigenvalue weighted by atomic mass is 9.85. The van der Waals surface area contributed by atoms with Crippen molar-refractivity contribution in [3.63, 3.8) is 0 Å². The summed E-state index contributed by atoms with van der Waals surface area (Å²) in [6.07, 6.45) is -3.60. The van der Waals surface area contributed by atoms with Gasteiger partial charge in [0.1, 0.15) is 5.82 Å². The molecule has 1 rings (SSSR count). The first-order chi connectivity index (χ1) is 7.74. The fraction of sp³-hybridized carbons (Fsp3) is 0.500. The van der Waals surface area contributed by atoms with Gasteiger partial charge in [0.05, 0.1) is 5.56 Å². The Morgan fingerprint density at radius 2 is 1.65 bits per heavy atom. The number of hydrogen-bond acceptors (Lipinski definition) is 1. The van der Waals surface area contributed by atoms with E-state index in [1.807, 2.05) is 13.8 Å². The molecule has 0 unspecified atom stereocenters. The van der Waals surface area contributed by atoms with Crippen LogP contribution in [-0.2, 0) is 11.7 Å². The number of halogens is 4. The zero-order valence-electron chi connectivity index (χ0n) is 9.74. The van der Waals surface area contributed by atoms with Crippen molar-refractivity contribution >= 4 is 0 Å². The van der Waals surface area contributed by atoms with E-state index in [-0.39, 0.29) is 0 Å². The van der Waals surface area contributed by atoms with Crippen LogP contribution < -0.4 is 5.73 Å². The maximum Gasteiger partial charge on any atom is 0.419 e. The summed E-state index contributed by atoms with van der Waals surface area (Å²) in [6, 6.07) is 2.88. The maximum atomic E-state index is 13.4. The summed E-state index contributed by atoms with van der Waals surface area (Å²) < 4.78 is 50.5. The van der Waals surface area contributed by atoms with Crippen molar-refractivity contribution in [2.24, 2.45) is 5.73 Å². The fourth-order valence-corrected chi connectivity index (χ4v) is 1.71. The van der Waals surface area contributed by atoms with Gasteiger partial charge in [-0.1, -0.05) is 19.9 Å². The topological polar surface area (TPSA) is 26.0 Å². The van der Waals surface area contributed by atoms with Gasteiger partial charge >= 0.3 is 6.18 Å². The lowest BCUT2D eigenvalue weighted by Crippen LogP contribution is -2.35. The minimum absolute atomic E-state index is 0.396. The molecule has 1 aromatic carbocycles. The molecule has 5 heteroatoms. The van der Waals surface area contributed by atoms with Crippen LogP contribution in [0.3, 0.4) is 0 Å². The van der Waals surface area contributed by atoms with Gasteiger partial charge in [-0.15, -0.1) is 0 Å². The molecule has 0 amide bonds. The number of hydrogen-bond donors (Lipinski definition) is 1. The van der Waals surface area contributed by atoms with Crippen LogP contribution in [0, 0.1) is 5.82 Å². The molecule has 2 N–H and O–H groups in total. The Bertz CT molecular complexity index is 394. The minimum atomic E-state index is -4.67. The molecule has 0 spiro atoms. The van der Waals surface area contributed by atoms with Gasteiger partial charge in [0.25, 0.3) is 0 Å². The molecule has 0 saturated carbocycles. The molecule has 0 radical (unpaired) electrons. The minimum Gasteiger partial charge on any atom is -0.321 e. The third-order valence-corrected chi connectivity index (χ3v) is 3.11. The molecule has 1 nitrogen and oxygen atoms in total.